The van der Waals surface area contributed by atoms with Crippen LogP contribution in [0, 0.1) is 5.41 Å². The summed E-state index contributed by atoms with van der Waals surface area (Å²) >= 11 is 1.91. The summed E-state index contributed by atoms with van der Waals surface area (Å²) in [7, 11) is 0. The molecule has 0 aromatic heterocycles. The number of aliphatic imine (C=N–C) groups is 1. The molecule has 0 amide bonds. The fraction of sp³-hybridized carbons (Fsp3) is 0.929. The van der Waals surface area contributed by atoms with Crippen molar-refractivity contribution in [1.82, 2.24) is 5.32 Å². The van der Waals surface area contributed by atoms with Crippen molar-refractivity contribution in [1.29, 1.82) is 0 Å². The molecule has 0 spiro atoms. The lowest BCUT2D eigenvalue weighted by Crippen LogP contribution is -2.48. The van der Waals surface area contributed by atoms with Crippen LogP contribution in [0.4, 0.5) is 0 Å². The first kappa shape index (κ1) is 13.3. The number of hydrogen-bond donors (Lipinski definition) is 1. The van der Waals surface area contributed by atoms with Crippen molar-refractivity contribution >= 4 is 16.9 Å². The predicted molar refractivity (Wildman–Crippen MR) is 77.8 cm³/mol. The van der Waals surface area contributed by atoms with Crippen LogP contribution in [0.15, 0.2) is 4.99 Å². The molecule has 98 valence electrons. The minimum atomic E-state index is 0.276. The highest BCUT2D eigenvalue weighted by Crippen LogP contribution is 2.39. The Hall–Kier alpha value is -0.180. The van der Waals surface area contributed by atoms with E-state index in [4.69, 9.17) is 4.99 Å². The molecule has 0 radical (unpaired) electrons. The Labute approximate surface area is 110 Å². The number of nitrogens with one attached hydrogen (secondary N) is 1. The molecule has 1 aliphatic heterocycles. The lowest BCUT2D eigenvalue weighted by atomic mass is 9.92. The van der Waals surface area contributed by atoms with Crippen molar-refractivity contribution in [2.75, 3.05) is 5.75 Å². The molecule has 0 bridgehead atoms. The maximum absolute atomic E-state index is 4.94. The van der Waals surface area contributed by atoms with Gasteiger partial charge in [-0.3, -0.25) is 4.99 Å². The van der Waals surface area contributed by atoms with E-state index in [1.807, 2.05) is 11.8 Å². The zero-order valence-corrected chi connectivity index (χ0v) is 12.5. The second kappa shape index (κ2) is 4.83. The molecule has 2 aliphatic rings. The Balaban J connectivity index is 1.98. The van der Waals surface area contributed by atoms with Crippen LogP contribution in [0.2, 0.25) is 0 Å². The van der Waals surface area contributed by atoms with Gasteiger partial charge in [-0.25, -0.2) is 0 Å². The zero-order valence-electron chi connectivity index (χ0n) is 11.7. The van der Waals surface area contributed by atoms with E-state index in [2.05, 4.69) is 33.0 Å². The van der Waals surface area contributed by atoms with Gasteiger partial charge in [-0.05, 0) is 44.4 Å². The van der Waals surface area contributed by atoms with Crippen LogP contribution >= 0.6 is 11.8 Å². The highest BCUT2D eigenvalue weighted by molar-refractivity contribution is 8.13. The summed E-state index contributed by atoms with van der Waals surface area (Å²) in [6.45, 7) is 9.32. The van der Waals surface area contributed by atoms with E-state index < -0.39 is 0 Å². The molecule has 2 nitrogen and oxygen atoms in total. The Morgan fingerprint density at radius 1 is 1.35 bits per heavy atom. The molecular formula is C14H26N2S. The molecule has 0 aromatic carbocycles. The number of nitrogens with zero attached hydrogens (tertiary/aromatic N) is 1. The SMILES string of the molecule is CCC1(C)CCSC(=NC2CCC(C)(C)C2)N1. The highest BCUT2D eigenvalue weighted by Gasteiger charge is 2.32. The Morgan fingerprint density at radius 3 is 2.71 bits per heavy atom. The van der Waals surface area contributed by atoms with Crippen LogP contribution in [0.1, 0.15) is 59.8 Å². The summed E-state index contributed by atoms with van der Waals surface area (Å²) in [4.78, 5) is 4.94. The van der Waals surface area contributed by atoms with Crippen molar-refractivity contribution in [3.63, 3.8) is 0 Å². The summed E-state index contributed by atoms with van der Waals surface area (Å²) in [5.41, 5.74) is 0.778. The van der Waals surface area contributed by atoms with Gasteiger partial charge >= 0.3 is 0 Å². The first-order valence-electron chi connectivity index (χ1n) is 6.91. The van der Waals surface area contributed by atoms with E-state index >= 15 is 0 Å². The first-order chi connectivity index (χ1) is 7.92. The molecule has 2 fully saturated rings. The number of hydrogen-bond acceptors (Lipinski definition) is 2. The van der Waals surface area contributed by atoms with Crippen LogP contribution < -0.4 is 5.32 Å². The molecule has 1 aliphatic carbocycles. The van der Waals surface area contributed by atoms with Gasteiger partial charge in [-0.2, -0.15) is 0 Å². The minimum absolute atomic E-state index is 0.276. The average Bonchev–Trinajstić information content (AvgIpc) is 2.58. The van der Waals surface area contributed by atoms with Crippen molar-refractivity contribution < 1.29 is 0 Å². The monoisotopic (exact) mass is 254 g/mol. The van der Waals surface area contributed by atoms with Gasteiger partial charge in [-0.1, -0.05) is 32.5 Å². The molecule has 1 saturated heterocycles. The topological polar surface area (TPSA) is 24.4 Å². The van der Waals surface area contributed by atoms with E-state index in [1.165, 1.54) is 43.0 Å². The third kappa shape index (κ3) is 3.40. The molecule has 1 saturated carbocycles. The first-order valence-corrected chi connectivity index (χ1v) is 7.90. The van der Waals surface area contributed by atoms with E-state index in [0.717, 1.165) is 0 Å². The van der Waals surface area contributed by atoms with Crippen LogP contribution in [0.5, 0.6) is 0 Å². The summed E-state index contributed by atoms with van der Waals surface area (Å²) in [6, 6.07) is 0.555. The molecular weight excluding hydrogens is 228 g/mol. The molecule has 1 heterocycles. The fourth-order valence-electron chi connectivity index (χ4n) is 2.74. The third-order valence-electron chi connectivity index (χ3n) is 4.32. The van der Waals surface area contributed by atoms with Gasteiger partial charge in [0.1, 0.15) is 0 Å². The van der Waals surface area contributed by atoms with Gasteiger partial charge in [0.2, 0.25) is 0 Å². The van der Waals surface area contributed by atoms with E-state index in [1.54, 1.807) is 0 Å². The highest BCUT2D eigenvalue weighted by atomic mass is 32.2. The van der Waals surface area contributed by atoms with Crippen molar-refractivity contribution in [2.24, 2.45) is 10.4 Å². The maximum atomic E-state index is 4.94. The second-order valence-corrected chi connectivity index (χ2v) is 7.72. The minimum Gasteiger partial charge on any atom is -0.360 e. The van der Waals surface area contributed by atoms with Crippen molar-refractivity contribution in [2.45, 2.75) is 71.4 Å². The Kier molecular flexibility index (Phi) is 3.77. The maximum Gasteiger partial charge on any atom is 0.157 e. The summed E-state index contributed by atoms with van der Waals surface area (Å²) < 4.78 is 0. The van der Waals surface area contributed by atoms with Gasteiger partial charge < -0.3 is 5.32 Å². The average molecular weight is 254 g/mol. The van der Waals surface area contributed by atoms with E-state index in [0.29, 0.717) is 11.5 Å². The molecule has 17 heavy (non-hydrogen) atoms. The molecule has 3 heteroatoms. The quantitative estimate of drug-likeness (QED) is 0.810. The third-order valence-corrected chi connectivity index (χ3v) is 5.21. The standard InChI is InChI=1S/C14H26N2S/c1-5-14(4)8-9-17-12(16-14)15-11-6-7-13(2,3)10-11/h11H,5-10H2,1-4H3,(H,15,16). The largest absolute Gasteiger partial charge is 0.360 e. The molecule has 2 unspecified atom stereocenters. The molecule has 0 aromatic rings. The van der Waals surface area contributed by atoms with Gasteiger partial charge in [0.05, 0.1) is 6.04 Å². The number of thioether (sulfide) groups is 1. The fourth-order valence-corrected chi connectivity index (χ4v) is 4.03. The molecule has 2 atom stereocenters. The van der Waals surface area contributed by atoms with E-state index in [-0.39, 0.29) is 5.54 Å². The van der Waals surface area contributed by atoms with Gasteiger partial charge in [-0.15, -0.1) is 0 Å². The van der Waals surface area contributed by atoms with Crippen LogP contribution in [0.25, 0.3) is 0 Å². The van der Waals surface area contributed by atoms with Crippen molar-refractivity contribution in [3.05, 3.63) is 0 Å². The van der Waals surface area contributed by atoms with E-state index in [9.17, 15) is 0 Å². The molecule has 1 N–H and O–H groups in total. The molecule has 2 rings (SSSR count). The van der Waals surface area contributed by atoms with Gasteiger partial charge in [0.25, 0.3) is 0 Å². The predicted octanol–water partition coefficient (Wildman–Crippen LogP) is 3.82. The number of amidine groups is 1. The summed E-state index contributed by atoms with van der Waals surface area (Å²) in [6.07, 6.45) is 6.28. The number of rotatable bonds is 2. The normalized spacial score (nSPS) is 39.3. The van der Waals surface area contributed by atoms with Crippen molar-refractivity contribution in [3.8, 4) is 0 Å². The van der Waals surface area contributed by atoms with Gasteiger partial charge in [0.15, 0.2) is 5.17 Å². The summed E-state index contributed by atoms with van der Waals surface area (Å²) in [5, 5.41) is 4.84. The van der Waals surface area contributed by atoms with Crippen LogP contribution in [-0.2, 0) is 0 Å². The Morgan fingerprint density at radius 2 is 2.12 bits per heavy atom. The summed E-state index contributed by atoms with van der Waals surface area (Å²) in [5.74, 6) is 1.21. The van der Waals surface area contributed by atoms with Gasteiger partial charge in [0, 0.05) is 11.3 Å². The smallest absolute Gasteiger partial charge is 0.157 e. The van der Waals surface area contributed by atoms with Crippen LogP contribution in [-0.4, -0.2) is 22.5 Å². The Bertz CT molecular complexity index is 311. The lowest BCUT2D eigenvalue weighted by Gasteiger charge is -2.35. The zero-order chi connectivity index (χ0) is 12.5. The lowest BCUT2D eigenvalue weighted by molar-refractivity contribution is 0.374. The second-order valence-electron chi connectivity index (χ2n) is 6.63. The van der Waals surface area contributed by atoms with Crippen LogP contribution in [0.3, 0.4) is 0 Å².